The zero-order valence-electron chi connectivity index (χ0n) is 23.6. The fourth-order valence-electron chi connectivity index (χ4n) is 5.79. The van der Waals surface area contributed by atoms with E-state index in [4.69, 9.17) is 4.74 Å². The van der Waals surface area contributed by atoms with Crippen LogP contribution in [0.3, 0.4) is 0 Å². The lowest BCUT2D eigenvalue weighted by molar-refractivity contribution is -0.155. The molecule has 3 atom stereocenters. The van der Waals surface area contributed by atoms with Gasteiger partial charge in [0.15, 0.2) is 0 Å². The van der Waals surface area contributed by atoms with Gasteiger partial charge in [0.05, 0.1) is 36.3 Å². The second-order valence-corrected chi connectivity index (χ2v) is 11.8. The third-order valence-electron chi connectivity index (χ3n) is 7.66. The Labute approximate surface area is 230 Å². The van der Waals surface area contributed by atoms with E-state index in [1.807, 2.05) is 40.7 Å². The van der Waals surface area contributed by atoms with Crippen LogP contribution < -0.4 is 10.6 Å². The average Bonchev–Trinajstić information content (AvgIpc) is 3.13. The monoisotopic (exact) mass is 540 g/mol. The third kappa shape index (κ3) is 6.41. The lowest BCUT2D eigenvalue weighted by Crippen LogP contribution is -2.55. The van der Waals surface area contributed by atoms with Gasteiger partial charge >= 0.3 is 5.97 Å². The minimum Gasteiger partial charge on any atom is -0.460 e. The number of carbonyl (C=O) groups excluding carboxylic acids is 2. The van der Waals surface area contributed by atoms with E-state index in [1.165, 1.54) is 12.1 Å². The number of fused-ring (bicyclic) bond motifs is 1. The number of piperidine rings is 1. The molecular formula is C30H41FN4O4. The van der Waals surface area contributed by atoms with Gasteiger partial charge < -0.3 is 20.5 Å². The molecule has 3 N–H and O–H groups in total. The Morgan fingerprint density at radius 1 is 1.36 bits per heavy atom. The number of benzene rings is 1. The van der Waals surface area contributed by atoms with Crippen LogP contribution in [0.1, 0.15) is 89.5 Å². The Morgan fingerprint density at radius 2 is 2.13 bits per heavy atom. The van der Waals surface area contributed by atoms with Gasteiger partial charge in [0.1, 0.15) is 17.0 Å². The van der Waals surface area contributed by atoms with Crippen molar-refractivity contribution >= 4 is 23.3 Å². The standard InChI is InChI=1S/C30H41FN4O4/c1-6-8-19(13-26(37)39-29(2,3)4)24-14-20(31)15-25-27(24)34-28(38)30(25,5)35-12-7-9-22(17-35)33-21-10-11-23(18-36)32-16-21/h10-11,14-16,19,22,33,36H,6-9,12-13,17-18H2,1-5H3,(H,34,38)/t19?,22-,30?/m1/s1. The number of amides is 1. The minimum atomic E-state index is -1.05. The van der Waals surface area contributed by atoms with Gasteiger partial charge in [-0.25, -0.2) is 4.39 Å². The van der Waals surface area contributed by atoms with E-state index in [-0.39, 0.29) is 36.9 Å². The first-order chi connectivity index (χ1) is 18.4. The molecule has 1 aromatic heterocycles. The second kappa shape index (κ2) is 11.6. The molecule has 212 valence electrons. The van der Waals surface area contributed by atoms with Gasteiger partial charge in [0.25, 0.3) is 0 Å². The van der Waals surface area contributed by atoms with Crippen LogP contribution in [0.5, 0.6) is 0 Å². The van der Waals surface area contributed by atoms with Crippen molar-refractivity contribution in [1.29, 1.82) is 0 Å². The van der Waals surface area contributed by atoms with Crippen molar-refractivity contribution in [3.05, 3.63) is 53.1 Å². The molecule has 0 bridgehead atoms. The van der Waals surface area contributed by atoms with E-state index >= 15 is 4.39 Å². The summed E-state index contributed by atoms with van der Waals surface area (Å²) in [5.74, 6) is -1.22. The SMILES string of the molecule is CCCC(CC(=O)OC(C)(C)C)c1cc(F)cc2c1NC(=O)C2(C)N1CCC[C@@H](Nc2ccc(CO)nc2)C1. The van der Waals surface area contributed by atoms with Crippen LogP contribution in [0, 0.1) is 5.82 Å². The molecule has 2 aromatic rings. The van der Waals surface area contributed by atoms with Gasteiger partial charge in [-0.3, -0.25) is 19.5 Å². The molecule has 39 heavy (non-hydrogen) atoms. The molecular weight excluding hydrogens is 499 g/mol. The number of esters is 1. The first-order valence-electron chi connectivity index (χ1n) is 13.9. The number of carbonyl (C=O) groups is 2. The molecule has 2 aliphatic heterocycles. The average molecular weight is 541 g/mol. The molecule has 1 saturated heterocycles. The molecule has 9 heteroatoms. The maximum Gasteiger partial charge on any atom is 0.306 e. The second-order valence-electron chi connectivity index (χ2n) is 11.8. The van der Waals surface area contributed by atoms with Gasteiger partial charge in [-0.15, -0.1) is 0 Å². The molecule has 0 saturated carbocycles. The van der Waals surface area contributed by atoms with Crippen LogP contribution in [-0.4, -0.2) is 51.6 Å². The largest absolute Gasteiger partial charge is 0.460 e. The third-order valence-corrected chi connectivity index (χ3v) is 7.66. The highest BCUT2D eigenvalue weighted by molar-refractivity contribution is 6.06. The number of aliphatic hydroxyl groups is 1. The van der Waals surface area contributed by atoms with E-state index in [0.29, 0.717) is 42.0 Å². The van der Waals surface area contributed by atoms with Crippen molar-refractivity contribution in [3.63, 3.8) is 0 Å². The smallest absolute Gasteiger partial charge is 0.306 e. The Balaban J connectivity index is 1.61. The van der Waals surface area contributed by atoms with Crippen molar-refractivity contribution in [2.24, 2.45) is 0 Å². The highest BCUT2D eigenvalue weighted by Gasteiger charge is 2.50. The number of hydrogen-bond donors (Lipinski definition) is 3. The summed E-state index contributed by atoms with van der Waals surface area (Å²) in [5.41, 5.74) is 1.67. The number of pyridine rings is 1. The van der Waals surface area contributed by atoms with Crippen molar-refractivity contribution in [2.45, 2.75) is 96.4 Å². The first kappa shape index (κ1) is 29.0. The summed E-state index contributed by atoms with van der Waals surface area (Å²) in [6.45, 7) is 10.5. The zero-order valence-corrected chi connectivity index (χ0v) is 23.6. The molecule has 8 nitrogen and oxygen atoms in total. The van der Waals surface area contributed by atoms with Gasteiger partial charge in [0.2, 0.25) is 5.91 Å². The maximum absolute atomic E-state index is 15.2. The normalized spacial score (nSPS) is 22.2. The number of aliphatic hydroxyl groups excluding tert-OH is 1. The Bertz CT molecular complexity index is 1200. The highest BCUT2D eigenvalue weighted by atomic mass is 19.1. The van der Waals surface area contributed by atoms with Crippen molar-refractivity contribution < 1.29 is 23.8 Å². The number of hydrogen-bond acceptors (Lipinski definition) is 7. The molecule has 1 amide bonds. The fraction of sp³-hybridized carbons (Fsp3) is 0.567. The van der Waals surface area contributed by atoms with Crippen LogP contribution in [0.4, 0.5) is 15.8 Å². The summed E-state index contributed by atoms with van der Waals surface area (Å²) < 4.78 is 20.7. The van der Waals surface area contributed by atoms with E-state index in [0.717, 1.165) is 24.9 Å². The molecule has 4 rings (SSSR count). The molecule has 0 radical (unpaired) electrons. The van der Waals surface area contributed by atoms with Gasteiger partial charge in [0, 0.05) is 18.2 Å². The summed E-state index contributed by atoms with van der Waals surface area (Å²) in [4.78, 5) is 32.7. The van der Waals surface area contributed by atoms with Gasteiger partial charge in [-0.2, -0.15) is 0 Å². The molecule has 3 heterocycles. The summed E-state index contributed by atoms with van der Waals surface area (Å²) in [6, 6.07) is 6.65. The molecule has 1 aromatic carbocycles. The van der Waals surface area contributed by atoms with Crippen LogP contribution in [0.25, 0.3) is 0 Å². The Hall–Kier alpha value is -3.04. The number of likely N-dealkylation sites (tertiary alicyclic amines) is 1. The molecule has 2 unspecified atom stereocenters. The number of nitrogens with one attached hydrogen (secondary N) is 2. The van der Waals surface area contributed by atoms with Crippen molar-refractivity contribution in [1.82, 2.24) is 9.88 Å². The summed E-state index contributed by atoms with van der Waals surface area (Å²) in [7, 11) is 0. The van der Waals surface area contributed by atoms with E-state index in [2.05, 4.69) is 20.5 Å². The maximum atomic E-state index is 15.2. The van der Waals surface area contributed by atoms with Crippen LogP contribution >= 0.6 is 0 Å². The zero-order chi connectivity index (χ0) is 28.4. The number of rotatable bonds is 9. The molecule has 2 aliphatic rings. The summed E-state index contributed by atoms with van der Waals surface area (Å²) >= 11 is 0. The highest BCUT2D eigenvalue weighted by Crippen LogP contribution is 2.46. The van der Waals surface area contributed by atoms with E-state index < -0.39 is 17.0 Å². The predicted molar refractivity (Wildman–Crippen MR) is 149 cm³/mol. The minimum absolute atomic E-state index is 0.0715. The van der Waals surface area contributed by atoms with Crippen LogP contribution in [0.2, 0.25) is 0 Å². The van der Waals surface area contributed by atoms with E-state index in [9.17, 15) is 14.7 Å². The van der Waals surface area contributed by atoms with Crippen LogP contribution in [-0.2, 0) is 26.5 Å². The lowest BCUT2D eigenvalue weighted by Gasteiger charge is -2.42. The topological polar surface area (TPSA) is 104 Å². The van der Waals surface area contributed by atoms with Crippen molar-refractivity contribution in [2.75, 3.05) is 23.7 Å². The fourth-order valence-corrected chi connectivity index (χ4v) is 5.79. The quantitative estimate of drug-likeness (QED) is 0.382. The molecule has 1 fully saturated rings. The number of halogens is 1. The van der Waals surface area contributed by atoms with E-state index in [1.54, 1.807) is 12.3 Å². The number of nitrogens with zero attached hydrogens (tertiary/aromatic N) is 2. The van der Waals surface area contributed by atoms with Crippen LogP contribution in [0.15, 0.2) is 30.5 Å². The summed E-state index contributed by atoms with van der Waals surface area (Å²) in [5, 5.41) is 15.8. The number of aromatic nitrogens is 1. The predicted octanol–water partition coefficient (Wildman–Crippen LogP) is 5.07. The van der Waals surface area contributed by atoms with Crippen molar-refractivity contribution in [3.8, 4) is 0 Å². The Kier molecular flexibility index (Phi) is 8.61. The summed E-state index contributed by atoms with van der Waals surface area (Å²) in [6.07, 6.45) is 5.08. The first-order valence-corrected chi connectivity index (χ1v) is 13.9. The number of ether oxygens (including phenoxy) is 1. The van der Waals surface area contributed by atoms with Gasteiger partial charge in [-0.05, 0) is 89.2 Å². The molecule has 0 aliphatic carbocycles. The molecule has 0 spiro atoms. The number of anilines is 2. The lowest BCUT2D eigenvalue weighted by atomic mass is 9.84. The Morgan fingerprint density at radius 3 is 2.77 bits per heavy atom. The van der Waals surface area contributed by atoms with Gasteiger partial charge in [-0.1, -0.05) is 13.3 Å².